The summed E-state index contributed by atoms with van der Waals surface area (Å²) in [4.78, 5) is 4.87. The van der Waals surface area contributed by atoms with E-state index in [1.807, 2.05) is 65.2 Å². The number of benzene rings is 10. The van der Waals surface area contributed by atoms with Crippen molar-refractivity contribution in [3.63, 3.8) is 0 Å². The number of fused-ring (bicyclic) bond motifs is 12. The van der Waals surface area contributed by atoms with Crippen molar-refractivity contribution in [1.82, 2.24) is 14.1 Å². The van der Waals surface area contributed by atoms with Crippen LogP contribution in [0.5, 0.6) is 11.5 Å². The number of rotatable bonds is 7. The molecule has 13 aromatic rings. The molecule has 2 aliphatic carbocycles. The number of para-hydroxylation sites is 1. The predicted octanol–water partition coefficient (Wildman–Crippen LogP) is 23.5. The maximum atomic E-state index is 10.7. The third-order valence-corrected chi connectivity index (χ3v) is 19.6. The Hall–Kier alpha value is -9.58. The summed E-state index contributed by atoms with van der Waals surface area (Å²) in [5, 5.41) is 1.75. The van der Waals surface area contributed by atoms with E-state index in [0.717, 1.165) is 33.0 Å². The fourth-order valence-electron chi connectivity index (χ4n) is 14.6. The Morgan fingerprint density at radius 2 is 1.12 bits per heavy atom. The summed E-state index contributed by atoms with van der Waals surface area (Å²) in [6, 6.07) is 43.4. The van der Waals surface area contributed by atoms with Crippen LogP contribution in [0.2, 0.25) is 0 Å². The van der Waals surface area contributed by atoms with E-state index in [4.69, 9.17) is 26.2 Å². The molecule has 3 aliphatic rings. The standard InChI is InChI=1S/C90H86N4O/c1-54-23-20-24-55(2)82(54)60-44-72-70-52-77-76(89(12,13)40-41-90(77,14)15)51-69(70)65-29-16-17-30-66(65)71-43-59(58-33-36-74-75(46-58)88(10,11)39-38-87(74,8)9)47-80-85(71)93(84(72)73(45-60)83-56(3)25-21-26-57(83)4)53-92(80)62-27-22-28-63(49-62)95-64-34-35-68-67-31-18-19-32-78(67)94(79(68)50-64)81-48-61(37-42-91-81)86(5,6)7/h16-37,42-52H,38-41H2,1-15H3/i1D3,2D3,3D3,4D3,8D3,9D3,10D3,11D3,33D,36D,38D2,39D2,46D. The second-order valence-corrected chi connectivity index (χ2v) is 27.8. The first-order chi connectivity index (χ1) is 58.0. The van der Waals surface area contributed by atoms with Gasteiger partial charge in [0.15, 0.2) is 0 Å². The zero-order valence-electron chi connectivity index (χ0n) is 84.4. The van der Waals surface area contributed by atoms with Gasteiger partial charge in [-0.15, -0.1) is 0 Å². The molecule has 3 aromatic heterocycles. The summed E-state index contributed by atoms with van der Waals surface area (Å²) < 4.78 is 304. The van der Waals surface area contributed by atoms with E-state index < -0.39 is 157 Å². The molecule has 16 rings (SSSR count). The van der Waals surface area contributed by atoms with Crippen molar-refractivity contribution in [2.24, 2.45) is 0 Å². The third-order valence-electron chi connectivity index (χ3n) is 19.6. The van der Waals surface area contributed by atoms with Crippen LogP contribution >= 0.6 is 0 Å². The largest absolute Gasteiger partial charge is 0.458 e. The Morgan fingerprint density at radius 1 is 0.505 bits per heavy atom. The number of aromatic nitrogens is 4. The molecule has 5 heteroatoms. The van der Waals surface area contributed by atoms with Gasteiger partial charge in [-0.05, 0) is 270 Å². The predicted molar refractivity (Wildman–Crippen MR) is 397 cm³/mol. The molecule has 1 aliphatic heterocycles. The molecule has 0 unspecified atom stereocenters. The van der Waals surface area contributed by atoms with E-state index in [9.17, 15) is 26.0 Å². The summed E-state index contributed by atoms with van der Waals surface area (Å²) in [5.74, 6) is 1.08. The molecule has 0 N–H and O–H groups in total. The number of nitrogens with zero attached hydrogens (tertiary/aromatic N) is 4. The third kappa shape index (κ3) is 9.76. The van der Waals surface area contributed by atoms with Gasteiger partial charge in [-0.3, -0.25) is 13.7 Å². The molecule has 0 saturated heterocycles. The zero-order valence-corrected chi connectivity index (χ0v) is 53.4. The van der Waals surface area contributed by atoms with Crippen molar-refractivity contribution in [3.05, 3.63) is 257 Å². The van der Waals surface area contributed by atoms with E-state index >= 15 is 0 Å². The minimum Gasteiger partial charge on any atom is -0.458 e. The van der Waals surface area contributed by atoms with Crippen molar-refractivity contribution < 1.29 is 51.8 Å². The Balaban J connectivity index is 1.13. The van der Waals surface area contributed by atoms with Crippen LogP contribution in [0.3, 0.4) is 0 Å². The van der Waals surface area contributed by atoms with Gasteiger partial charge in [0.1, 0.15) is 17.3 Å². The zero-order chi connectivity index (χ0) is 92.2. The molecule has 0 fully saturated rings. The average Bonchev–Trinajstić information content (AvgIpc) is 0.712. The Bertz CT molecular complexity index is 6630. The average molecular weight is 1270 g/mol. The van der Waals surface area contributed by atoms with E-state index in [-0.39, 0.29) is 67.0 Å². The lowest BCUT2D eigenvalue weighted by Gasteiger charge is -2.42. The second kappa shape index (κ2) is 21.5. The normalized spacial score (nSPS) is 22.6. The first kappa shape index (κ1) is 35.2. The molecule has 95 heavy (non-hydrogen) atoms. The van der Waals surface area contributed by atoms with Crippen LogP contribution in [0.4, 0.5) is 0 Å². The Kier molecular flexibility index (Phi) is 7.97. The molecule has 0 amide bonds. The molecule has 472 valence electrons. The number of hydrogen-bond acceptors (Lipinski definition) is 2. The number of ether oxygens (including phenoxy) is 1. The number of hydrogen-bond donors (Lipinski definition) is 0. The molecule has 0 bridgehead atoms. The summed E-state index contributed by atoms with van der Waals surface area (Å²) in [5.41, 5.74) is -12.8. The van der Waals surface area contributed by atoms with Crippen molar-refractivity contribution in [1.29, 1.82) is 0 Å². The van der Waals surface area contributed by atoms with Gasteiger partial charge in [-0.2, -0.15) is 0 Å². The lowest BCUT2D eigenvalue weighted by Crippen LogP contribution is -2.34. The molecule has 4 heterocycles. The van der Waals surface area contributed by atoms with Crippen LogP contribution in [0, 0.1) is 33.7 Å². The number of pyridine rings is 1. The highest BCUT2D eigenvalue weighted by Crippen LogP contribution is 2.55. The van der Waals surface area contributed by atoms with E-state index in [0.29, 0.717) is 46.6 Å². The van der Waals surface area contributed by atoms with Gasteiger partial charge in [0.05, 0.1) is 37.6 Å². The second-order valence-electron chi connectivity index (χ2n) is 27.8. The summed E-state index contributed by atoms with van der Waals surface area (Å²) in [7, 11) is 0. The molecular formula is C90H86N4O. The lowest BCUT2D eigenvalue weighted by molar-refractivity contribution is -0.570. The van der Waals surface area contributed by atoms with Gasteiger partial charge in [0.2, 0.25) is 0 Å². The van der Waals surface area contributed by atoms with Crippen LogP contribution in [-0.2, 0) is 27.1 Å². The molecule has 5 nitrogen and oxygen atoms in total. The van der Waals surface area contributed by atoms with Gasteiger partial charge < -0.3 is 4.74 Å². The first-order valence-corrected chi connectivity index (χ1v) is 31.7. The molecule has 0 spiro atoms. The van der Waals surface area contributed by atoms with Gasteiger partial charge in [-0.1, -0.05) is 191 Å². The molecule has 0 saturated carbocycles. The molecule has 0 radical (unpaired) electrons. The maximum absolute atomic E-state index is 10.7. The van der Waals surface area contributed by atoms with Crippen LogP contribution in [0.15, 0.2) is 200 Å². The van der Waals surface area contributed by atoms with E-state index in [1.165, 1.54) is 63.7 Å². The van der Waals surface area contributed by atoms with E-state index in [1.54, 1.807) is 66.9 Å². The van der Waals surface area contributed by atoms with Crippen molar-refractivity contribution >= 4 is 32.8 Å². The van der Waals surface area contributed by atoms with Crippen molar-refractivity contribution in [2.45, 2.75) is 156 Å². The highest BCUT2D eigenvalue weighted by molar-refractivity contribution is 6.10. The van der Waals surface area contributed by atoms with E-state index in [2.05, 4.69) is 54.8 Å². The molecular weight excluding hydrogens is 1150 g/mol. The SMILES string of the molecule is [2H]c1c([2H])c2c(c([2H])c1-c1cc3c4c(c1)n(-c1cccc(Oc5ccc6c7ccccc7n(-c7cc(C(C)(C)C)ccn7)c6c5)c1)[c-][n+]4-c1c(cc(-c4c(C([2H])([2H])[2H])cccc4C([2H])([2H])[2H])cc1-c1c(C([2H])([2H])[2H])cccc1C([2H])([2H])[2H])-c1cc4c(cc1-c1ccccc1-3)C(C)(C)CCC4(C)C)C(C([2H])([2H])[2H])(C([2H])([2H])[2H])C([2H])([2H])C([2H])([2H])C2(C([2H])([2H])[2H])C([2H])([2H])[2H]. The molecule has 10 aromatic carbocycles. The first-order valence-electron chi connectivity index (χ1n) is 47.2. The summed E-state index contributed by atoms with van der Waals surface area (Å²) in [6.45, 7) is -15.6. The fourth-order valence-corrected chi connectivity index (χ4v) is 14.6. The maximum Gasteiger partial charge on any atom is 0.269 e. The minimum absolute atomic E-state index is 0.0103. The van der Waals surface area contributed by atoms with Crippen LogP contribution in [-0.4, -0.2) is 14.1 Å². The smallest absolute Gasteiger partial charge is 0.269 e. The van der Waals surface area contributed by atoms with Crippen LogP contribution < -0.4 is 9.30 Å². The fraction of sp³-hybridized carbons (Fsp3) is 0.267. The Morgan fingerprint density at radius 3 is 1.81 bits per heavy atom. The lowest BCUT2D eigenvalue weighted by atomic mass is 9.62. The van der Waals surface area contributed by atoms with Gasteiger partial charge in [0, 0.05) is 61.4 Å². The number of aryl methyl sites for hydroxylation is 4. The monoisotopic (exact) mass is 1270 g/mol. The topological polar surface area (TPSA) is 35.9 Å². The number of imidazole rings is 1. The Labute approximate surface area is 605 Å². The van der Waals surface area contributed by atoms with Gasteiger partial charge in [-0.25, -0.2) is 4.98 Å². The molecule has 0 atom stereocenters. The van der Waals surface area contributed by atoms with Crippen molar-refractivity contribution in [3.8, 4) is 95.5 Å². The van der Waals surface area contributed by atoms with Gasteiger partial charge >= 0.3 is 0 Å². The summed E-state index contributed by atoms with van der Waals surface area (Å²) >= 11 is 0. The highest BCUT2D eigenvalue weighted by atomic mass is 16.5. The van der Waals surface area contributed by atoms with Crippen molar-refractivity contribution in [2.75, 3.05) is 0 Å². The van der Waals surface area contributed by atoms with Crippen LogP contribution in [0.25, 0.3) is 117 Å². The van der Waals surface area contributed by atoms with Crippen LogP contribution in [0.1, 0.15) is 194 Å². The minimum atomic E-state index is -4.69. The summed E-state index contributed by atoms with van der Waals surface area (Å²) in [6.07, 6.45) is -2.75. The van der Waals surface area contributed by atoms with Gasteiger partial charge in [0.25, 0.3) is 6.33 Å². The quantitative estimate of drug-likeness (QED) is 0.118. The highest BCUT2D eigenvalue weighted by Gasteiger charge is 2.41.